The molecule has 0 fully saturated rings. The summed E-state index contributed by atoms with van der Waals surface area (Å²) in [5.74, 6) is 0.778. The normalized spacial score (nSPS) is 13.3. The maximum Gasteiger partial charge on any atom is 0.125 e. The van der Waals surface area contributed by atoms with Crippen LogP contribution in [0.25, 0.3) is 0 Å². The zero-order chi connectivity index (χ0) is 13.9. The number of benzene rings is 2. The van der Waals surface area contributed by atoms with Crippen molar-refractivity contribution < 1.29 is 4.74 Å². The SMILES string of the molecule is NCc1ccc(Cl)cc1OCc1ccc2c(c1)CCC2. The molecular weight excluding hydrogens is 270 g/mol. The van der Waals surface area contributed by atoms with Gasteiger partial charge in [0.15, 0.2) is 0 Å². The predicted molar refractivity (Wildman–Crippen MR) is 82.1 cm³/mol. The second kappa shape index (κ2) is 5.86. The summed E-state index contributed by atoms with van der Waals surface area (Å²) in [5.41, 5.74) is 10.9. The van der Waals surface area contributed by atoms with Crippen molar-refractivity contribution in [1.29, 1.82) is 0 Å². The fourth-order valence-corrected chi connectivity index (χ4v) is 2.87. The molecule has 104 valence electrons. The molecule has 0 spiro atoms. The third kappa shape index (κ3) is 2.82. The zero-order valence-corrected chi connectivity index (χ0v) is 12.1. The molecule has 1 aliphatic carbocycles. The molecule has 0 saturated heterocycles. The van der Waals surface area contributed by atoms with Gasteiger partial charge in [0.05, 0.1) is 0 Å². The molecule has 0 amide bonds. The maximum atomic E-state index is 6.01. The van der Waals surface area contributed by atoms with Crippen molar-refractivity contribution in [2.45, 2.75) is 32.4 Å². The van der Waals surface area contributed by atoms with E-state index in [-0.39, 0.29) is 0 Å². The van der Waals surface area contributed by atoms with Gasteiger partial charge in [-0.1, -0.05) is 35.9 Å². The van der Waals surface area contributed by atoms with E-state index in [1.54, 1.807) is 0 Å². The first-order chi connectivity index (χ1) is 9.76. The lowest BCUT2D eigenvalue weighted by Gasteiger charge is -2.11. The lowest BCUT2D eigenvalue weighted by Crippen LogP contribution is -2.03. The quantitative estimate of drug-likeness (QED) is 0.926. The standard InChI is InChI=1S/C17H18ClNO/c18-16-7-6-15(10-19)17(9-16)20-11-12-4-5-13-2-1-3-14(13)8-12/h4-9H,1-3,10-11,19H2. The second-order valence-electron chi connectivity index (χ2n) is 5.20. The Labute approximate surface area is 124 Å². The molecule has 2 N–H and O–H groups in total. The van der Waals surface area contributed by atoms with E-state index < -0.39 is 0 Å². The van der Waals surface area contributed by atoms with Gasteiger partial charge in [-0.15, -0.1) is 0 Å². The largest absolute Gasteiger partial charge is 0.489 e. The van der Waals surface area contributed by atoms with Crippen molar-refractivity contribution in [3.05, 3.63) is 63.7 Å². The lowest BCUT2D eigenvalue weighted by atomic mass is 10.1. The van der Waals surface area contributed by atoms with Gasteiger partial charge in [0.25, 0.3) is 0 Å². The Morgan fingerprint density at radius 2 is 1.90 bits per heavy atom. The number of halogens is 1. The Kier molecular flexibility index (Phi) is 3.95. The molecule has 0 heterocycles. The van der Waals surface area contributed by atoms with E-state index in [2.05, 4.69) is 18.2 Å². The van der Waals surface area contributed by atoms with E-state index in [4.69, 9.17) is 22.1 Å². The second-order valence-corrected chi connectivity index (χ2v) is 5.64. The van der Waals surface area contributed by atoms with Gasteiger partial charge < -0.3 is 10.5 Å². The summed E-state index contributed by atoms with van der Waals surface area (Å²) in [6.45, 7) is 1.01. The summed E-state index contributed by atoms with van der Waals surface area (Å²) in [5, 5.41) is 0.672. The monoisotopic (exact) mass is 287 g/mol. The molecule has 1 aliphatic rings. The zero-order valence-electron chi connectivity index (χ0n) is 11.4. The topological polar surface area (TPSA) is 35.2 Å². The first kappa shape index (κ1) is 13.5. The van der Waals surface area contributed by atoms with Crippen molar-refractivity contribution in [2.75, 3.05) is 0 Å². The third-order valence-electron chi connectivity index (χ3n) is 3.81. The van der Waals surface area contributed by atoms with Crippen molar-refractivity contribution in [2.24, 2.45) is 5.73 Å². The van der Waals surface area contributed by atoms with E-state index in [0.29, 0.717) is 18.2 Å². The molecule has 2 aromatic rings. The minimum absolute atomic E-state index is 0.455. The van der Waals surface area contributed by atoms with Crippen molar-refractivity contribution >= 4 is 11.6 Å². The van der Waals surface area contributed by atoms with Crippen LogP contribution in [0.3, 0.4) is 0 Å². The van der Waals surface area contributed by atoms with E-state index in [0.717, 1.165) is 11.3 Å². The van der Waals surface area contributed by atoms with Gasteiger partial charge >= 0.3 is 0 Å². The first-order valence-electron chi connectivity index (χ1n) is 6.98. The summed E-state index contributed by atoms with van der Waals surface area (Å²) in [7, 11) is 0. The molecule has 0 radical (unpaired) electrons. The summed E-state index contributed by atoms with van der Waals surface area (Å²) in [6.07, 6.45) is 3.67. The van der Waals surface area contributed by atoms with E-state index >= 15 is 0 Å². The van der Waals surface area contributed by atoms with Gasteiger partial charge in [-0.3, -0.25) is 0 Å². The number of fused-ring (bicyclic) bond motifs is 1. The Morgan fingerprint density at radius 3 is 2.75 bits per heavy atom. The highest BCUT2D eigenvalue weighted by molar-refractivity contribution is 6.30. The molecular formula is C17H18ClNO. The van der Waals surface area contributed by atoms with Crippen molar-refractivity contribution in [3.8, 4) is 5.75 Å². The number of hydrogen-bond acceptors (Lipinski definition) is 2. The molecule has 3 rings (SSSR count). The molecule has 2 aromatic carbocycles. The minimum atomic E-state index is 0.455. The Morgan fingerprint density at radius 1 is 1.05 bits per heavy atom. The van der Waals surface area contributed by atoms with E-state index in [1.165, 1.54) is 36.0 Å². The van der Waals surface area contributed by atoms with Crippen molar-refractivity contribution in [3.63, 3.8) is 0 Å². The third-order valence-corrected chi connectivity index (χ3v) is 4.04. The predicted octanol–water partition coefficient (Wildman–Crippen LogP) is 3.87. The molecule has 0 unspecified atom stereocenters. The van der Waals surface area contributed by atoms with E-state index in [9.17, 15) is 0 Å². The van der Waals surface area contributed by atoms with Crippen LogP contribution in [0.2, 0.25) is 5.02 Å². The summed E-state index contributed by atoms with van der Waals surface area (Å²) in [4.78, 5) is 0. The average Bonchev–Trinajstić information content (AvgIpc) is 2.92. The van der Waals surface area contributed by atoms with Crippen LogP contribution in [0.15, 0.2) is 36.4 Å². The van der Waals surface area contributed by atoms with Gasteiger partial charge in [0, 0.05) is 17.1 Å². The highest BCUT2D eigenvalue weighted by atomic mass is 35.5. The molecule has 20 heavy (non-hydrogen) atoms. The Hall–Kier alpha value is -1.51. The van der Waals surface area contributed by atoms with Crippen LogP contribution in [0.5, 0.6) is 5.75 Å². The molecule has 0 aliphatic heterocycles. The number of hydrogen-bond donors (Lipinski definition) is 1. The fourth-order valence-electron chi connectivity index (χ4n) is 2.71. The van der Waals surface area contributed by atoms with Crippen LogP contribution in [-0.4, -0.2) is 0 Å². The number of ether oxygens (including phenoxy) is 1. The summed E-state index contributed by atoms with van der Waals surface area (Å²) < 4.78 is 5.89. The van der Waals surface area contributed by atoms with Crippen LogP contribution >= 0.6 is 11.6 Å². The van der Waals surface area contributed by atoms with Gasteiger partial charge in [0.2, 0.25) is 0 Å². The van der Waals surface area contributed by atoms with E-state index in [1.807, 2.05) is 18.2 Å². The smallest absolute Gasteiger partial charge is 0.125 e. The van der Waals surface area contributed by atoms with Crippen LogP contribution in [0.4, 0.5) is 0 Å². The molecule has 3 heteroatoms. The van der Waals surface area contributed by atoms with Gasteiger partial charge in [-0.05, 0) is 48.1 Å². The molecule has 0 aromatic heterocycles. The average molecular weight is 288 g/mol. The van der Waals surface area contributed by atoms with Crippen LogP contribution in [0, 0.1) is 0 Å². The number of aryl methyl sites for hydroxylation is 2. The molecule has 2 nitrogen and oxygen atoms in total. The number of rotatable bonds is 4. The van der Waals surface area contributed by atoms with Gasteiger partial charge in [-0.25, -0.2) is 0 Å². The highest BCUT2D eigenvalue weighted by Crippen LogP contribution is 2.26. The molecule has 0 atom stereocenters. The van der Waals surface area contributed by atoms with Crippen molar-refractivity contribution in [1.82, 2.24) is 0 Å². The van der Waals surface area contributed by atoms with Gasteiger partial charge in [-0.2, -0.15) is 0 Å². The lowest BCUT2D eigenvalue weighted by molar-refractivity contribution is 0.303. The first-order valence-corrected chi connectivity index (χ1v) is 7.36. The highest BCUT2D eigenvalue weighted by Gasteiger charge is 2.11. The van der Waals surface area contributed by atoms with Crippen LogP contribution < -0.4 is 10.5 Å². The summed E-state index contributed by atoms with van der Waals surface area (Å²) >= 11 is 6.01. The fraction of sp³-hybridized carbons (Fsp3) is 0.294. The summed E-state index contributed by atoms with van der Waals surface area (Å²) in [6, 6.07) is 12.2. The minimum Gasteiger partial charge on any atom is -0.489 e. The number of nitrogens with two attached hydrogens (primary N) is 1. The van der Waals surface area contributed by atoms with Gasteiger partial charge in [0.1, 0.15) is 12.4 Å². The van der Waals surface area contributed by atoms with Crippen LogP contribution in [-0.2, 0) is 26.0 Å². The van der Waals surface area contributed by atoms with Crippen LogP contribution in [0.1, 0.15) is 28.7 Å². The Bertz CT molecular complexity index is 624. The molecule has 0 bridgehead atoms. The molecule has 0 saturated carbocycles. The maximum absolute atomic E-state index is 6.01. The Balaban J connectivity index is 1.75.